The van der Waals surface area contributed by atoms with Gasteiger partial charge in [0.1, 0.15) is 0 Å². The van der Waals surface area contributed by atoms with E-state index in [-0.39, 0.29) is 0 Å². The van der Waals surface area contributed by atoms with Crippen LogP contribution in [0.2, 0.25) is 0 Å². The average molecular weight is 332 g/mol. The van der Waals surface area contributed by atoms with Gasteiger partial charge in [0.25, 0.3) is 0 Å². The molecule has 0 aliphatic heterocycles. The highest BCUT2D eigenvalue weighted by Crippen LogP contribution is 2.13. The Hall–Kier alpha value is -1.12. The monoisotopic (exact) mass is 331 g/mol. The minimum absolute atomic E-state index is 0.514. The fourth-order valence-corrected chi connectivity index (χ4v) is 2.82. The highest BCUT2D eigenvalue weighted by atomic mass is 79.9. The molecule has 0 saturated carbocycles. The molecule has 1 nitrogen and oxygen atoms in total. The minimum atomic E-state index is 0.514. The van der Waals surface area contributed by atoms with Crippen LogP contribution >= 0.6 is 15.9 Å². The van der Waals surface area contributed by atoms with Gasteiger partial charge >= 0.3 is 0 Å². The third-order valence-corrected chi connectivity index (χ3v) is 3.90. The van der Waals surface area contributed by atoms with Crippen molar-refractivity contribution in [2.24, 2.45) is 0 Å². The van der Waals surface area contributed by atoms with E-state index in [9.17, 15) is 0 Å². The molecular formula is C18H22BrN. The minimum Gasteiger partial charge on any atom is -0.314 e. The summed E-state index contributed by atoms with van der Waals surface area (Å²) in [5.74, 6) is 0. The van der Waals surface area contributed by atoms with Crippen molar-refractivity contribution in [3.8, 4) is 0 Å². The molecule has 0 unspecified atom stereocenters. The molecule has 0 saturated heterocycles. The second kappa shape index (κ2) is 8.23. The first kappa shape index (κ1) is 15.3. The average Bonchev–Trinajstić information content (AvgIpc) is 2.45. The molecule has 0 amide bonds. The molecule has 0 radical (unpaired) electrons. The number of aryl methyl sites for hydroxylation is 1. The molecule has 1 atom stereocenters. The zero-order valence-corrected chi connectivity index (χ0v) is 13.6. The van der Waals surface area contributed by atoms with Crippen molar-refractivity contribution in [3.05, 3.63) is 70.2 Å². The van der Waals surface area contributed by atoms with E-state index in [0.29, 0.717) is 6.04 Å². The molecule has 0 aromatic heterocycles. The Labute approximate surface area is 130 Å². The quantitative estimate of drug-likeness (QED) is 0.731. The van der Waals surface area contributed by atoms with Gasteiger partial charge in [0.05, 0.1) is 0 Å². The predicted octanol–water partition coefficient (Wildman–Crippen LogP) is 4.60. The lowest BCUT2D eigenvalue weighted by Crippen LogP contribution is -2.29. The van der Waals surface area contributed by atoms with E-state index >= 15 is 0 Å². The number of rotatable bonds is 7. The van der Waals surface area contributed by atoms with Crippen LogP contribution in [-0.4, -0.2) is 12.6 Å². The number of hydrogen-bond acceptors (Lipinski definition) is 1. The predicted molar refractivity (Wildman–Crippen MR) is 90.1 cm³/mol. The SMILES string of the molecule is C[C@@H](Cc1cccc(Br)c1)NCCCc1ccccc1. The zero-order valence-electron chi connectivity index (χ0n) is 12.0. The van der Waals surface area contributed by atoms with Gasteiger partial charge in [-0.3, -0.25) is 0 Å². The number of benzene rings is 2. The van der Waals surface area contributed by atoms with Crippen LogP contribution in [0.3, 0.4) is 0 Å². The molecule has 106 valence electrons. The van der Waals surface area contributed by atoms with E-state index in [1.807, 2.05) is 0 Å². The van der Waals surface area contributed by atoms with Crippen LogP contribution in [0.5, 0.6) is 0 Å². The fraction of sp³-hybridized carbons (Fsp3) is 0.333. The highest BCUT2D eigenvalue weighted by Gasteiger charge is 2.03. The summed E-state index contributed by atoms with van der Waals surface area (Å²) in [6.07, 6.45) is 3.41. The molecule has 20 heavy (non-hydrogen) atoms. The maximum atomic E-state index is 3.61. The van der Waals surface area contributed by atoms with Crippen LogP contribution in [0.1, 0.15) is 24.5 Å². The van der Waals surface area contributed by atoms with Crippen LogP contribution in [0.15, 0.2) is 59.1 Å². The van der Waals surface area contributed by atoms with Gasteiger partial charge in [-0.05, 0) is 56.0 Å². The second-order valence-corrected chi connectivity index (χ2v) is 6.19. The van der Waals surface area contributed by atoms with Crippen LogP contribution < -0.4 is 5.32 Å². The van der Waals surface area contributed by atoms with Crippen molar-refractivity contribution < 1.29 is 0 Å². The van der Waals surface area contributed by atoms with Crippen molar-refractivity contribution in [2.75, 3.05) is 6.54 Å². The van der Waals surface area contributed by atoms with E-state index in [1.54, 1.807) is 0 Å². The van der Waals surface area contributed by atoms with Gasteiger partial charge in [-0.1, -0.05) is 58.4 Å². The van der Waals surface area contributed by atoms with Crippen LogP contribution in [0.25, 0.3) is 0 Å². The molecule has 0 aliphatic carbocycles. The molecule has 2 aromatic carbocycles. The van der Waals surface area contributed by atoms with Crippen molar-refractivity contribution in [1.82, 2.24) is 5.32 Å². The molecule has 0 bridgehead atoms. The van der Waals surface area contributed by atoms with Crippen molar-refractivity contribution in [1.29, 1.82) is 0 Å². The van der Waals surface area contributed by atoms with Gasteiger partial charge < -0.3 is 5.32 Å². The van der Waals surface area contributed by atoms with Gasteiger partial charge in [0.2, 0.25) is 0 Å². The highest BCUT2D eigenvalue weighted by molar-refractivity contribution is 9.10. The van der Waals surface area contributed by atoms with Gasteiger partial charge in [-0.25, -0.2) is 0 Å². The summed E-state index contributed by atoms with van der Waals surface area (Å²) < 4.78 is 1.16. The molecule has 1 N–H and O–H groups in total. The van der Waals surface area contributed by atoms with E-state index in [4.69, 9.17) is 0 Å². The summed E-state index contributed by atoms with van der Waals surface area (Å²) in [4.78, 5) is 0. The van der Waals surface area contributed by atoms with E-state index in [0.717, 1.165) is 23.9 Å². The molecule has 0 spiro atoms. The first-order valence-corrected chi connectivity index (χ1v) is 8.05. The fourth-order valence-electron chi connectivity index (χ4n) is 2.38. The lowest BCUT2D eigenvalue weighted by Gasteiger charge is -2.14. The summed E-state index contributed by atoms with van der Waals surface area (Å²) >= 11 is 3.52. The van der Waals surface area contributed by atoms with Gasteiger partial charge in [0.15, 0.2) is 0 Å². The summed E-state index contributed by atoms with van der Waals surface area (Å²) in [5.41, 5.74) is 2.80. The lowest BCUT2D eigenvalue weighted by atomic mass is 10.1. The smallest absolute Gasteiger partial charge is 0.0178 e. The van der Waals surface area contributed by atoms with Crippen molar-refractivity contribution in [2.45, 2.75) is 32.2 Å². The normalized spacial score (nSPS) is 12.3. The number of hydrogen-bond donors (Lipinski definition) is 1. The molecular weight excluding hydrogens is 310 g/mol. The Morgan fingerprint density at radius 2 is 1.75 bits per heavy atom. The number of halogens is 1. The van der Waals surface area contributed by atoms with Crippen LogP contribution in [-0.2, 0) is 12.8 Å². The summed E-state index contributed by atoms with van der Waals surface area (Å²) in [7, 11) is 0. The maximum Gasteiger partial charge on any atom is 0.0178 e. The van der Waals surface area contributed by atoms with Gasteiger partial charge in [-0.2, -0.15) is 0 Å². The van der Waals surface area contributed by atoms with E-state index in [2.05, 4.69) is 82.8 Å². The largest absolute Gasteiger partial charge is 0.314 e. The molecule has 0 heterocycles. The Kier molecular flexibility index (Phi) is 6.28. The van der Waals surface area contributed by atoms with Gasteiger partial charge in [-0.15, -0.1) is 0 Å². The van der Waals surface area contributed by atoms with Crippen molar-refractivity contribution in [3.63, 3.8) is 0 Å². The topological polar surface area (TPSA) is 12.0 Å². The second-order valence-electron chi connectivity index (χ2n) is 5.28. The third-order valence-electron chi connectivity index (χ3n) is 3.41. The van der Waals surface area contributed by atoms with E-state index < -0.39 is 0 Å². The molecule has 2 rings (SSSR count). The molecule has 0 fully saturated rings. The first-order valence-electron chi connectivity index (χ1n) is 7.26. The third kappa shape index (κ3) is 5.48. The first-order chi connectivity index (χ1) is 9.74. The standard InChI is InChI=1S/C18H22BrN/c1-15(13-17-9-5-11-18(19)14-17)20-12-6-10-16-7-3-2-4-8-16/h2-5,7-9,11,14-15,20H,6,10,12-13H2,1H3/t15-/m0/s1. The Morgan fingerprint density at radius 1 is 1.00 bits per heavy atom. The Balaban J connectivity index is 1.66. The maximum absolute atomic E-state index is 3.61. The summed E-state index contributed by atoms with van der Waals surface area (Å²) in [6.45, 7) is 3.33. The molecule has 2 heteroatoms. The Morgan fingerprint density at radius 3 is 2.50 bits per heavy atom. The zero-order chi connectivity index (χ0) is 14.2. The Bertz CT molecular complexity index is 510. The van der Waals surface area contributed by atoms with Crippen molar-refractivity contribution >= 4 is 15.9 Å². The number of nitrogens with one attached hydrogen (secondary N) is 1. The van der Waals surface area contributed by atoms with Crippen LogP contribution in [0, 0.1) is 0 Å². The lowest BCUT2D eigenvalue weighted by molar-refractivity contribution is 0.534. The summed E-state index contributed by atoms with van der Waals surface area (Å²) in [6, 6.07) is 19.8. The molecule has 0 aliphatic rings. The van der Waals surface area contributed by atoms with Gasteiger partial charge in [0, 0.05) is 10.5 Å². The summed E-state index contributed by atoms with van der Waals surface area (Å²) in [5, 5.41) is 3.61. The molecule has 2 aromatic rings. The van der Waals surface area contributed by atoms with Crippen LogP contribution in [0.4, 0.5) is 0 Å². The van der Waals surface area contributed by atoms with E-state index in [1.165, 1.54) is 17.5 Å².